The zero-order valence-corrected chi connectivity index (χ0v) is 23.4. The third-order valence-corrected chi connectivity index (χ3v) is 8.74. The van der Waals surface area contributed by atoms with E-state index in [0.29, 0.717) is 16.7 Å². The van der Waals surface area contributed by atoms with Crippen LogP contribution in [0.15, 0.2) is 65.2 Å². The normalized spacial score (nSPS) is 13.1. The summed E-state index contributed by atoms with van der Waals surface area (Å²) >= 11 is 1.63. The minimum atomic E-state index is -0.301. The standard InChI is InChI=1S/C30H14B8NO2S/c1-10(31)23(32)29(41)20(30(37)38)12-2-4-15-13(8-12)21-16(39-15)5-7-18-22(21)14-9-11(3-6-17(14)42-18)19-24(33)25(34)26(35)27(36)28(19)40/h2-9,39-41H,1H3/b23-10-,29-20+. The van der Waals surface area contributed by atoms with E-state index in [0.717, 1.165) is 42.0 Å². The Balaban J connectivity index is 1.68. The van der Waals surface area contributed by atoms with Crippen LogP contribution in [-0.4, -0.2) is 83.0 Å². The number of benzene rings is 4. The van der Waals surface area contributed by atoms with E-state index < -0.39 is 0 Å². The molecule has 0 saturated heterocycles. The third kappa shape index (κ3) is 4.26. The van der Waals surface area contributed by atoms with Crippen LogP contribution in [0, 0.1) is 0 Å². The molecule has 2 aromatic heterocycles. The Morgan fingerprint density at radius 3 is 2.12 bits per heavy atom. The van der Waals surface area contributed by atoms with Crippen LogP contribution in [-0.2, 0) is 0 Å². The first kappa shape index (κ1) is 28.5. The van der Waals surface area contributed by atoms with Crippen LogP contribution in [0.1, 0.15) is 12.5 Å². The average molecular weight is 539 g/mol. The molecule has 42 heavy (non-hydrogen) atoms. The van der Waals surface area contributed by atoms with Crippen molar-refractivity contribution < 1.29 is 10.2 Å². The van der Waals surface area contributed by atoms with E-state index in [1.807, 2.05) is 36.4 Å². The minimum absolute atomic E-state index is 0.0114. The number of allylic oxidation sites excluding steroid dienone is 3. The first-order valence-electron chi connectivity index (χ1n) is 12.8. The van der Waals surface area contributed by atoms with E-state index >= 15 is 0 Å². The van der Waals surface area contributed by atoms with Crippen LogP contribution in [0.25, 0.3) is 58.7 Å². The molecule has 3 nitrogen and oxygen atoms in total. The Morgan fingerprint density at radius 1 is 0.762 bits per heavy atom. The van der Waals surface area contributed by atoms with Gasteiger partial charge in [-0.3, -0.25) is 0 Å². The van der Waals surface area contributed by atoms with E-state index in [1.54, 1.807) is 24.3 Å². The number of phenols is 1. The Morgan fingerprint density at radius 2 is 1.43 bits per heavy atom. The second-order valence-corrected chi connectivity index (χ2v) is 11.3. The van der Waals surface area contributed by atoms with Crippen molar-refractivity contribution in [1.29, 1.82) is 0 Å². The van der Waals surface area contributed by atoms with Crippen LogP contribution >= 0.6 is 11.3 Å². The number of aromatic amines is 1. The molecule has 0 atom stereocenters. The number of aromatic nitrogens is 1. The van der Waals surface area contributed by atoms with Gasteiger partial charge in [-0.25, -0.2) is 0 Å². The number of aromatic hydroxyl groups is 1. The average Bonchev–Trinajstić information content (AvgIpc) is 3.51. The number of thiophene rings is 1. The summed E-state index contributed by atoms with van der Waals surface area (Å²) < 4.78 is 2.07. The number of phenolic OH excluding ortho intramolecular Hbond substituents is 1. The first-order chi connectivity index (χ1) is 19.9. The Labute approximate surface area is 257 Å². The molecule has 12 heteroatoms. The molecule has 0 saturated carbocycles. The quantitative estimate of drug-likeness (QED) is 0.181. The van der Waals surface area contributed by atoms with Crippen molar-refractivity contribution in [2.24, 2.45) is 0 Å². The van der Waals surface area contributed by atoms with Gasteiger partial charge >= 0.3 is 205 Å². The molecule has 4 aromatic carbocycles. The summed E-state index contributed by atoms with van der Waals surface area (Å²) in [6, 6.07) is 15.4. The monoisotopic (exact) mass is 540 g/mol. The van der Waals surface area contributed by atoms with Gasteiger partial charge in [-0.2, -0.15) is 0 Å². The number of H-pyrrole nitrogens is 1. The molecule has 0 unspecified atom stereocenters. The van der Waals surface area contributed by atoms with Crippen molar-refractivity contribution in [3.63, 3.8) is 0 Å². The van der Waals surface area contributed by atoms with Crippen molar-refractivity contribution in [2.45, 2.75) is 6.92 Å². The number of hydrogen-bond donors (Lipinski definition) is 3. The summed E-state index contributed by atoms with van der Waals surface area (Å²) in [7, 11) is 48.3. The third-order valence-electron chi connectivity index (χ3n) is 7.61. The van der Waals surface area contributed by atoms with Crippen molar-refractivity contribution in [2.75, 3.05) is 0 Å². The van der Waals surface area contributed by atoms with Crippen LogP contribution in [0.2, 0.25) is 0 Å². The molecule has 2 heterocycles. The predicted octanol–water partition coefficient (Wildman–Crippen LogP) is 1.54. The molecule has 0 aliphatic heterocycles. The summed E-state index contributed by atoms with van der Waals surface area (Å²) in [4.78, 5) is 3.47. The number of aliphatic hydroxyl groups excluding tert-OH is 1. The molecule has 15 radical (unpaired) electrons. The summed E-state index contributed by atoms with van der Waals surface area (Å²) in [6.07, 6.45) is 0. The molecule has 0 aliphatic rings. The van der Waals surface area contributed by atoms with Gasteiger partial charge in [-0.1, -0.05) is 5.46 Å². The van der Waals surface area contributed by atoms with Gasteiger partial charge in [0, 0.05) is 0 Å². The van der Waals surface area contributed by atoms with Gasteiger partial charge in [0.15, 0.2) is 0 Å². The van der Waals surface area contributed by atoms with Gasteiger partial charge in [-0.05, 0) is 0 Å². The molecule has 0 bridgehead atoms. The van der Waals surface area contributed by atoms with Gasteiger partial charge in [-0.15, -0.1) is 10.9 Å². The molecule has 3 N–H and O–H groups in total. The number of rotatable bonds is 4. The van der Waals surface area contributed by atoms with E-state index in [1.165, 1.54) is 0 Å². The van der Waals surface area contributed by atoms with Crippen LogP contribution in [0.5, 0.6) is 5.75 Å². The maximum absolute atomic E-state index is 10.9. The summed E-state index contributed by atoms with van der Waals surface area (Å²) in [5, 5.41) is 25.4. The van der Waals surface area contributed by atoms with Crippen molar-refractivity contribution in [3.8, 4) is 16.9 Å². The number of hydrogen-bond acceptors (Lipinski definition) is 3. The Hall–Kier alpha value is -3.63. The summed E-state index contributed by atoms with van der Waals surface area (Å²) in [5.74, 6) is -0.528. The molecule has 6 rings (SSSR count). The van der Waals surface area contributed by atoms with Gasteiger partial charge in [0.2, 0.25) is 0 Å². The Bertz CT molecular complexity index is 2190. The fraction of sp³-hybridized carbons (Fsp3) is 0.0333. The molecule has 0 aliphatic carbocycles. The zero-order chi connectivity index (χ0) is 30.2. The second kappa shape index (κ2) is 10.3. The van der Waals surface area contributed by atoms with Crippen LogP contribution in [0.4, 0.5) is 0 Å². The molecule has 0 amide bonds. The number of aliphatic hydroxyl groups is 1. The topological polar surface area (TPSA) is 56.2 Å². The van der Waals surface area contributed by atoms with Crippen LogP contribution in [0.3, 0.4) is 0 Å². The predicted molar refractivity (Wildman–Crippen MR) is 188 cm³/mol. The van der Waals surface area contributed by atoms with E-state index in [2.05, 4.69) is 11.1 Å². The van der Waals surface area contributed by atoms with Gasteiger partial charge < -0.3 is 5.11 Å². The first-order valence-corrected chi connectivity index (χ1v) is 13.6. The van der Waals surface area contributed by atoms with Gasteiger partial charge in [0.05, 0.1) is 0 Å². The molecule has 181 valence electrons. The molecule has 6 aromatic rings. The fourth-order valence-corrected chi connectivity index (χ4v) is 6.53. The maximum atomic E-state index is 10.9. The molecule has 0 spiro atoms. The van der Waals surface area contributed by atoms with Crippen molar-refractivity contribution in [1.82, 2.24) is 4.98 Å². The van der Waals surface area contributed by atoms with E-state index in [-0.39, 0.29) is 55.2 Å². The second-order valence-electron chi connectivity index (χ2n) is 10.2. The summed E-state index contributed by atoms with van der Waals surface area (Å²) in [5.41, 5.74) is 3.97. The Kier molecular flexibility index (Phi) is 6.97. The SMILES string of the molecule is [B]C(=[B])/C(=C(O)\C([B])=C(\[B])C)c1ccc2[nH]c3ccc4sc5ccc(-c6c([B])c([B])c([B])c([B])c6O)cc5c4c3c2c1. The van der Waals surface area contributed by atoms with Crippen molar-refractivity contribution >= 4 is 149 Å². The van der Waals surface area contributed by atoms with Crippen molar-refractivity contribution in [3.05, 3.63) is 70.8 Å². The van der Waals surface area contributed by atoms with Crippen LogP contribution < -0.4 is 21.9 Å². The zero-order valence-electron chi connectivity index (χ0n) is 22.5. The fourth-order valence-electron chi connectivity index (χ4n) is 5.44. The summed E-state index contributed by atoms with van der Waals surface area (Å²) in [6.45, 7) is 1.58. The van der Waals surface area contributed by atoms with E-state index in [4.69, 9.17) is 62.4 Å². The molecular weight excluding hydrogens is 525 g/mol. The van der Waals surface area contributed by atoms with Gasteiger partial charge in [0.25, 0.3) is 0 Å². The number of fused-ring (bicyclic) bond motifs is 7. The van der Waals surface area contributed by atoms with Gasteiger partial charge in [0.1, 0.15) is 31.4 Å². The molecular formula is C30H14B8NO2S. The number of nitrogens with one attached hydrogen (secondary N) is 1. The van der Waals surface area contributed by atoms with E-state index in [9.17, 15) is 10.2 Å². The molecule has 0 fully saturated rings.